The highest BCUT2D eigenvalue weighted by atomic mass is 79.9. The SMILES string of the molecule is COC(=O)[C@@]1(C)C[C@@H](c2coc3ccc(Br)cc3c2=O)N(c2ccccc2)O1. The lowest BCUT2D eigenvalue weighted by Crippen LogP contribution is -2.37. The van der Waals surface area contributed by atoms with Gasteiger partial charge in [-0.05, 0) is 37.3 Å². The fraction of sp³-hybridized carbons (Fsp3) is 0.238. The molecule has 0 unspecified atom stereocenters. The lowest BCUT2D eigenvalue weighted by molar-refractivity contribution is -0.163. The van der Waals surface area contributed by atoms with Gasteiger partial charge in [-0.1, -0.05) is 34.1 Å². The number of carbonyl (C=O) groups excluding carboxylic acids is 1. The average molecular weight is 444 g/mol. The predicted molar refractivity (Wildman–Crippen MR) is 108 cm³/mol. The van der Waals surface area contributed by atoms with Crippen LogP contribution in [0.4, 0.5) is 5.69 Å². The van der Waals surface area contributed by atoms with Crippen LogP contribution in [0.25, 0.3) is 11.0 Å². The lowest BCUT2D eigenvalue weighted by atomic mass is 9.94. The molecular weight excluding hydrogens is 426 g/mol. The van der Waals surface area contributed by atoms with Crippen molar-refractivity contribution < 1.29 is 18.8 Å². The molecule has 144 valence electrons. The summed E-state index contributed by atoms with van der Waals surface area (Å²) in [4.78, 5) is 31.6. The molecule has 0 aliphatic carbocycles. The summed E-state index contributed by atoms with van der Waals surface area (Å²) in [6.45, 7) is 1.66. The highest BCUT2D eigenvalue weighted by Crippen LogP contribution is 2.43. The van der Waals surface area contributed by atoms with E-state index in [1.54, 1.807) is 24.1 Å². The van der Waals surface area contributed by atoms with Crippen LogP contribution in [0, 0.1) is 0 Å². The van der Waals surface area contributed by atoms with Crippen LogP contribution in [-0.2, 0) is 14.4 Å². The Labute approximate surface area is 169 Å². The minimum absolute atomic E-state index is 0.161. The first-order valence-electron chi connectivity index (χ1n) is 8.76. The molecule has 0 spiro atoms. The third kappa shape index (κ3) is 3.10. The number of esters is 1. The number of fused-ring (bicyclic) bond motifs is 1. The van der Waals surface area contributed by atoms with Crippen molar-refractivity contribution >= 4 is 38.6 Å². The van der Waals surface area contributed by atoms with Crippen molar-refractivity contribution in [1.29, 1.82) is 0 Å². The number of hydrogen-bond donors (Lipinski definition) is 0. The average Bonchev–Trinajstić information content (AvgIpc) is 3.07. The number of methoxy groups -OCH3 is 1. The van der Waals surface area contributed by atoms with Crippen LogP contribution in [0.2, 0.25) is 0 Å². The molecule has 1 aliphatic rings. The van der Waals surface area contributed by atoms with Crippen molar-refractivity contribution in [2.75, 3.05) is 12.2 Å². The summed E-state index contributed by atoms with van der Waals surface area (Å²) < 4.78 is 11.4. The zero-order valence-electron chi connectivity index (χ0n) is 15.3. The number of hydrogen-bond acceptors (Lipinski definition) is 6. The summed E-state index contributed by atoms with van der Waals surface area (Å²) in [5, 5.41) is 2.05. The summed E-state index contributed by atoms with van der Waals surface area (Å²) in [5.41, 5.74) is 0.272. The number of anilines is 1. The van der Waals surface area contributed by atoms with Gasteiger partial charge in [-0.15, -0.1) is 0 Å². The Morgan fingerprint density at radius 1 is 1.25 bits per heavy atom. The first kappa shape index (κ1) is 18.7. The second-order valence-electron chi connectivity index (χ2n) is 6.86. The number of rotatable bonds is 3. The van der Waals surface area contributed by atoms with Crippen LogP contribution in [-0.4, -0.2) is 18.7 Å². The quantitative estimate of drug-likeness (QED) is 0.559. The third-order valence-corrected chi connectivity index (χ3v) is 5.41. The van der Waals surface area contributed by atoms with E-state index >= 15 is 0 Å². The number of nitrogens with zero attached hydrogens (tertiary/aromatic N) is 1. The zero-order valence-corrected chi connectivity index (χ0v) is 16.9. The Kier molecular flexibility index (Phi) is 4.72. The second-order valence-corrected chi connectivity index (χ2v) is 7.77. The molecular formula is C21H18BrNO5. The maximum atomic E-state index is 13.2. The van der Waals surface area contributed by atoms with Gasteiger partial charge >= 0.3 is 5.97 Å². The summed E-state index contributed by atoms with van der Waals surface area (Å²) >= 11 is 3.39. The minimum atomic E-state index is -1.21. The molecule has 28 heavy (non-hydrogen) atoms. The van der Waals surface area contributed by atoms with Gasteiger partial charge in [-0.25, -0.2) is 9.86 Å². The van der Waals surface area contributed by atoms with Crippen molar-refractivity contribution in [2.24, 2.45) is 0 Å². The molecule has 2 aromatic carbocycles. The van der Waals surface area contributed by atoms with Gasteiger partial charge < -0.3 is 9.15 Å². The number of hydroxylamine groups is 1. The summed E-state index contributed by atoms with van der Waals surface area (Å²) in [7, 11) is 1.32. The van der Waals surface area contributed by atoms with Crippen LogP contribution in [0.15, 0.2) is 68.5 Å². The van der Waals surface area contributed by atoms with Crippen molar-refractivity contribution in [2.45, 2.75) is 25.0 Å². The molecule has 4 rings (SSSR count). The number of ether oxygens (including phenoxy) is 1. The fourth-order valence-corrected chi connectivity index (χ4v) is 3.86. The van der Waals surface area contributed by atoms with E-state index in [9.17, 15) is 9.59 Å². The fourth-order valence-electron chi connectivity index (χ4n) is 3.50. The summed E-state index contributed by atoms with van der Waals surface area (Å²) in [5.74, 6) is -0.496. The van der Waals surface area contributed by atoms with Crippen LogP contribution >= 0.6 is 15.9 Å². The summed E-state index contributed by atoms with van der Waals surface area (Å²) in [6, 6.07) is 14.1. The van der Waals surface area contributed by atoms with E-state index in [1.807, 2.05) is 36.4 Å². The van der Waals surface area contributed by atoms with Crippen LogP contribution in [0.3, 0.4) is 0 Å². The second kappa shape index (κ2) is 7.07. The van der Waals surface area contributed by atoms with E-state index in [-0.39, 0.29) is 11.8 Å². The molecule has 3 aromatic rings. The van der Waals surface area contributed by atoms with Gasteiger partial charge in [0.1, 0.15) is 11.8 Å². The van der Waals surface area contributed by atoms with Crippen molar-refractivity contribution in [3.63, 3.8) is 0 Å². The molecule has 0 N–H and O–H groups in total. The van der Waals surface area contributed by atoms with Crippen molar-refractivity contribution in [3.8, 4) is 0 Å². The van der Waals surface area contributed by atoms with Crippen LogP contribution in [0.1, 0.15) is 24.9 Å². The Bertz CT molecular complexity index is 1100. The van der Waals surface area contributed by atoms with Gasteiger partial charge in [0.2, 0.25) is 0 Å². The minimum Gasteiger partial charge on any atom is -0.467 e. The van der Waals surface area contributed by atoms with Crippen molar-refractivity contribution in [1.82, 2.24) is 0 Å². The molecule has 0 radical (unpaired) electrons. The molecule has 0 saturated carbocycles. The van der Waals surface area contributed by atoms with E-state index < -0.39 is 17.6 Å². The van der Waals surface area contributed by atoms with Gasteiger partial charge in [0.15, 0.2) is 11.0 Å². The smallest absolute Gasteiger partial charge is 0.340 e. The van der Waals surface area contributed by atoms with E-state index in [4.69, 9.17) is 14.0 Å². The maximum Gasteiger partial charge on any atom is 0.340 e. The normalized spacial score (nSPS) is 21.8. The molecule has 1 aliphatic heterocycles. The van der Waals surface area contributed by atoms with Crippen molar-refractivity contribution in [3.05, 3.63) is 75.1 Å². The Morgan fingerprint density at radius 2 is 2.00 bits per heavy atom. The Morgan fingerprint density at radius 3 is 2.71 bits per heavy atom. The van der Waals surface area contributed by atoms with Gasteiger partial charge in [0.25, 0.3) is 0 Å². The highest BCUT2D eigenvalue weighted by Gasteiger charge is 2.50. The Hall–Kier alpha value is -2.64. The maximum absolute atomic E-state index is 13.2. The lowest BCUT2D eigenvalue weighted by Gasteiger charge is -2.25. The molecule has 7 heteroatoms. The molecule has 2 heterocycles. The summed E-state index contributed by atoms with van der Waals surface area (Å²) in [6.07, 6.45) is 1.70. The Balaban J connectivity index is 1.86. The van der Waals surface area contributed by atoms with Gasteiger partial charge in [-0.2, -0.15) is 0 Å². The van der Waals surface area contributed by atoms with Gasteiger partial charge in [-0.3, -0.25) is 9.63 Å². The first-order valence-corrected chi connectivity index (χ1v) is 9.55. The van der Waals surface area contributed by atoms with E-state index in [0.717, 1.165) is 10.2 Å². The number of benzene rings is 2. The number of para-hydroxylation sites is 1. The predicted octanol–water partition coefficient (Wildman–Crippen LogP) is 4.37. The monoisotopic (exact) mass is 443 g/mol. The molecule has 1 fully saturated rings. The third-order valence-electron chi connectivity index (χ3n) is 4.91. The zero-order chi connectivity index (χ0) is 19.9. The van der Waals surface area contributed by atoms with E-state index in [0.29, 0.717) is 16.5 Å². The molecule has 0 amide bonds. The highest BCUT2D eigenvalue weighted by molar-refractivity contribution is 9.10. The largest absolute Gasteiger partial charge is 0.467 e. The molecule has 2 atom stereocenters. The van der Waals surface area contributed by atoms with Crippen LogP contribution < -0.4 is 10.5 Å². The topological polar surface area (TPSA) is 69.0 Å². The van der Waals surface area contributed by atoms with Crippen LogP contribution in [0.5, 0.6) is 0 Å². The van der Waals surface area contributed by atoms with Gasteiger partial charge in [0, 0.05) is 10.9 Å². The molecule has 1 saturated heterocycles. The number of carbonyl (C=O) groups is 1. The van der Waals surface area contributed by atoms with E-state index in [1.165, 1.54) is 13.4 Å². The molecule has 6 nitrogen and oxygen atoms in total. The number of halogens is 1. The van der Waals surface area contributed by atoms with Gasteiger partial charge in [0.05, 0.1) is 29.8 Å². The van der Waals surface area contributed by atoms with E-state index in [2.05, 4.69) is 15.9 Å². The first-order chi connectivity index (χ1) is 13.4. The molecule has 1 aromatic heterocycles. The standard InChI is InChI=1S/C21H18BrNO5/c1-21(20(25)26-2)11-17(23(28-21)14-6-4-3-5-7-14)16-12-27-18-9-8-13(22)10-15(18)19(16)24/h3-10,12,17H,11H2,1-2H3/t17-,21+/m0/s1. The molecule has 0 bridgehead atoms.